The summed E-state index contributed by atoms with van der Waals surface area (Å²) in [5.74, 6) is -0.785. The van der Waals surface area contributed by atoms with Gasteiger partial charge >= 0.3 is 0 Å². The molecular weight excluding hydrogens is 362 g/mol. The van der Waals surface area contributed by atoms with Crippen LogP contribution in [0.4, 0.5) is 5.69 Å². The summed E-state index contributed by atoms with van der Waals surface area (Å²) in [6, 6.07) is 12.8. The summed E-state index contributed by atoms with van der Waals surface area (Å²) >= 11 is 1.65. The standard InChI is InChI=1S/C20H17N3O3S/c1-23-19(25)13-10-9-12(11-14(13)20(23)26)21-17(24)7-4-8-18-22-15-5-2-3-6-16(15)27-18/h2-3,5-6,9-11H,4,7-8H2,1H3,(H,21,24). The summed E-state index contributed by atoms with van der Waals surface area (Å²) in [7, 11) is 1.45. The summed E-state index contributed by atoms with van der Waals surface area (Å²) < 4.78 is 1.15. The maximum absolute atomic E-state index is 12.2. The molecule has 0 bridgehead atoms. The first-order valence-electron chi connectivity index (χ1n) is 8.63. The number of benzene rings is 2. The van der Waals surface area contributed by atoms with E-state index in [4.69, 9.17) is 0 Å². The molecule has 0 radical (unpaired) electrons. The van der Waals surface area contributed by atoms with Crippen molar-refractivity contribution in [2.45, 2.75) is 19.3 Å². The van der Waals surface area contributed by atoms with Gasteiger partial charge in [0.05, 0.1) is 26.4 Å². The molecule has 6 nitrogen and oxygen atoms in total. The zero-order valence-corrected chi connectivity index (χ0v) is 15.5. The Kier molecular flexibility index (Phi) is 4.45. The predicted molar refractivity (Wildman–Crippen MR) is 104 cm³/mol. The molecule has 0 unspecified atom stereocenters. The van der Waals surface area contributed by atoms with Crippen LogP contribution in [-0.2, 0) is 11.2 Å². The minimum absolute atomic E-state index is 0.124. The van der Waals surface area contributed by atoms with E-state index in [0.29, 0.717) is 29.7 Å². The van der Waals surface area contributed by atoms with Gasteiger partial charge in [0.15, 0.2) is 0 Å². The molecule has 3 aromatic rings. The summed E-state index contributed by atoms with van der Waals surface area (Å²) in [5.41, 5.74) is 2.21. The van der Waals surface area contributed by atoms with Crippen molar-refractivity contribution in [2.24, 2.45) is 0 Å². The van der Waals surface area contributed by atoms with E-state index in [-0.39, 0.29) is 17.7 Å². The zero-order chi connectivity index (χ0) is 19.0. The van der Waals surface area contributed by atoms with E-state index in [1.54, 1.807) is 29.5 Å². The lowest BCUT2D eigenvalue weighted by Crippen LogP contribution is -2.24. The molecule has 27 heavy (non-hydrogen) atoms. The Labute approximate surface area is 159 Å². The molecule has 0 saturated carbocycles. The number of imide groups is 1. The molecule has 1 aromatic heterocycles. The number of anilines is 1. The first kappa shape index (κ1) is 17.4. The van der Waals surface area contributed by atoms with E-state index >= 15 is 0 Å². The normalized spacial score (nSPS) is 13.3. The van der Waals surface area contributed by atoms with Gasteiger partial charge in [-0.25, -0.2) is 4.98 Å². The molecule has 0 fully saturated rings. The van der Waals surface area contributed by atoms with Crippen LogP contribution in [0.3, 0.4) is 0 Å². The van der Waals surface area contributed by atoms with Gasteiger partial charge in [0, 0.05) is 19.2 Å². The topological polar surface area (TPSA) is 79.4 Å². The smallest absolute Gasteiger partial charge is 0.261 e. The second-order valence-electron chi connectivity index (χ2n) is 6.41. The van der Waals surface area contributed by atoms with Crippen molar-refractivity contribution < 1.29 is 14.4 Å². The minimum Gasteiger partial charge on any atom is -0.326 e. The van der Waals surface area contributed by atoms with Gasteiger partial charge in [-0.2, -0.15) is 0 Å². The Balaban J connectivity index is 1.35. The third kappa shape index (κ3) is 3.33. The number of hydrogen-bond acceptors (Lipinski definition) is 5. The van der Waals surface area contributed by atoms with Crippen LogP contribution < -0.4 is 5.32 Å². The van der Waals surface area contributed by atoms with Crippen LogP contribution in [0, 0.1) is 0 Å². The van der Waals surface area contributed by atoms with E-state index in [1.165, 1.54) is 7.05 Å². The highest BCUT2D eigenvalue weighted by Gasteiger charge is 2.32. The van der Waals surface area contributed by atoms with Gasteiger partial charge in [0.1, 0.15) is 0 Å². The number of nitrogens with zero attached hydrogens (tertiary/aromatic N) is 2. The van der Waals surface area contributed by atoms with Crippen molar-refractivity contribution in [3.05, 3.63) is 58.6 Å². The zero-order valence-electron chi connectivity index (χ0n) is 14.7. The van der Waals surface area contributed by atoms with Gasteiger partial charge in [-0.1, -0.05) is 12.1 Å². The predicted octanol–water partition coefficient (Wildman–Crippen LogP) is 3.48. The number of rotatable bonds is 5. The fourth-order valence-electron chi connectivity index (χ4n) is 3.09. The van der Waals surface area contributed by atoms with Crippen LogP contribution in [0.1, 0.15) is 38.6 Å². The number of carbonyl (C=O) groups excluding carboxylic acids is 3. The molecule has 0 saturated heterocycles. The maximum Gasteiger partial charge on any atom is 0.261 e. The van der Waals surface area contributed by atoms with Crippen molar-refractivity contribution in [3.8, 4) is 0 Å². The van der Waals surface area contributed by atoms with E-state index in [1.807, 2.05) is 24.3 Å². The molecule has 0 atom stereocenters. The van der Waals surface area contributed by atoms with E-state index < -0.39 is 0 Å². The highest BCUT2D eigenvalue weighted by atomic mass is 32.1. The van der Waals surface area contributed by atoms with Crippen LogP contribution in [0.15, 0.2) is 42.5 Å². The Bertz CT molecular complexity index is 1040. The molecule has 1 N–H and O–H groups in total. The number of fused-ring (bicyclic) bond motifs is 2. The van der Waals surface area contributed by atoms with Crippen LogP contribution in [0.2, 0.25) is 0 Å². The molecule has 7 heteroatoms. The Morgan fingerprint density at radius 3 is 2.70 bits per heavy atom. The molecule has 3 amide bonds. The molecule has 0 spiro atoms. The third-order valence-corrected chi connectivity index (χ3v) is 5.60. The third-order valence-electron chi connectivity index (χ3n) is 4.51. The number of para-hydroxylation sites is 1. The average Bonchev–Trinajstić information content (AvgIpc) is 3.17. The van der Waals surface area contributed by atoms with Crippen LogP contribution in [0.5, 0.6) is 0 Å². The molecule has 136 valence electrons. The molecule has 2 aromatic carbocycles. The Hall–Kier alpha value is -3.06. The number of nitrogens with one attached hydrogen (secondary N) is 1. The van der Waals surface area contributed by atoms with Crippen LogP contribution >= 0.6 is 11.3 Å². The largest absolute Gasteiger partial charge is 0.326 e. The Morgan fingerprint density at radius 1 is 1.11 bits per heavy atom. The van der Waals surface area contributed by atoms with Crippen LogP contribution in [-0.4, -0.2) is 34.7 Å². The lowest BCUT2D eigenvalue weighted by molar-refractivity contribution is -0.116. The maximum atomic E-state index is 12.2. The number of carbonyl (C=O) groups is 3. The van der Waals surface area contributed by atoms with Gasteiger partial charge in [-0.3, -0.25) is 19.3 Å². The van der Waals surface area contributed by atoms with Crippen molar-refractivity contribution in [2.75, 3.05) is 12.4 Å². The first-order valence-corrected chi connectivity index (χ1v) is 9.45. The molecular formula is C20H17N3O3S. The van der Waals surface area contributed by atoms with Gasteiger partial charge in [0.25, 0.3) is 11.8 Å². The number of thiazole rings is 1. The highest BCUT2D eigenvalue weighted by Crippen LogP contribution is 2.25. The van der Waals surface area contributed by atoms with Gasteiger partial charge < -0.3 is 5.32 Å². The Morgan fingerprint density at radius 2 is 1.89 bits per heavy atom. The number of aryl methyl sites for hydroxylation is 1. The van der Waals surface area contributed by atoms with E-state index in [0.717, 1.165) is 26.5 Å². The summed E-state index contributed by atoms with van der Waals surface area (Å²) in [5, 5.41) is 3.82. The molecule has 0 aliphatic carbocycles. The molecule has 2 heterocycles. The quantitative estimate of drug-likeness (QED) is 0.688. The lowest BCUT2D eigenvalue weighted by atomic mass is 10.1. The second-order valence-corrected chi connectivity index (χ2v) is 7.52. The average molecular weight is 379 g/mol. The number of hydrogen-bond donors (Lipinski definition) is 1. The molecule has 1 aliphatic heterocycles. The second kappa shape index (κ2) is 6.92. The highest BCUT2D eigenvalue weighted by molar-refractivity contribution is 7.18. The van der Waals surface area contributed by atoms with E-state index in [9.17, 15) is 14.4 Å². The summed E-state index contributed by atoms with van der Waals surface area (Å²) in [6.45, 7) is 0. The number of amides is 3. The molecule has 4 rings (SSSR count). The summed E-state index contributed by atoms with van der Waals surface area (Å²) in [4.78, 5) is 41.8. The van der Waals surface area contributed by atoms with Crippen molar-refractivity contribution in [3.63, 3.8) is 0 Å². The molecule has 1 aliphatic rings. The van der Waals surface area contributed by atoms with Gasteiger partial charge in [-0.15, -0.1) is 11.3 Å². The monoisotopic (exact) mass is 379 g/mol. The fraction of sp³-hybridized carbons (Fsp3) is 0.200. The van der Waals surface area contributed by atoms with Crippen LogP contribution in [0.25, 0.3) is 10.2 Å². The van der Waals surface area contributed by atoms with Crippen molar-refractivity contribution >= 4 is 45.0 Å². The summed E-state index contributed by atoms with van der Waals surface area (Å²) in [6.07, 6.45) is 1.80. The van der Waals surface area contributed by atoms with Gasteiger partial charge in [0.2, 0.25) is 5.91 Å². The van der Waals surface area contributed by atoms with Crippen molar-refractivity contribution in [1.29, 1.82) is 0 Å². The SMILES string of the molecule is CN1C(=O)c2ccc(NC(=O)CCCc3nc4ccccc4s3)cc2C1=O. The fourth-order valence-corrected chi connectivity index (χ4v) is 4.10. The van der Waals surface area contributed by atoms with E-state index in [2.05, 4.69) is 10.3 Å². The lowest BCUT2D eigenvalue weighted by Gasteiger charge is -2.06. The number of aromatic nitrogens is 1. The van der Waals surface area contributed by atoms with Gasteiger partial charge in [-0.05, 0) is 43.2 Å². The minimum atomic E-state index is -0.345. The van der Waals surface area contributed by atoms with Crippen molar-refractivity contribution in [1.82, 2.24) is 9.88 Å². The first-order chi connectivity index (χ1) is 13.0.